The maximum Gasteiger partial charge on any atom is 0.410 e. The van der Waals surface area contributed by atoms with Crippen LogP contribution in [-0.2, 0) is 24.8 Å². The predicted octanol–water partition coefficient (Wildman–Crippen LogP) is 4.83. The predicted molar refractivity (Wildman–Crippen MR) is 130 cm³/mol. The Labute approximate surface area is 198 Å². The summed E-state index contributed by atoms with van der Waals surface area (Å²) in [6, 6.07) is 8.02. The molecule has 170 valence electrons. The van der Waals surface area contributed by atoms with Gasteiger partial charge in [-0.2, -0.15) is 5.10 Å². The van der Waals surface area contributed by atoms with E-state index in [1.807, 2.05) is 25.1 Å². The van der Waals surface area contributed by atoms with Crippen LogP contribution in [-0.4, -0.2) is 44.8 Å². The van der Waals surface area contributed by atoms with Crippen molar-refractivity contribution in [3.8, 4) is 10.6 Å². The van der Waals surface area contributed by atoms with E-state index in [4.69, 9.17) is 9.72 Å². The Bertz CT molecular complexity index is 1320. The molecule has 0 fully saturated rings. The molecule has 0 spiro atoms. The molecule has 0 saturated heterocycles. The van der Waals surface area contributed by atoms with E-state index in [-0.39, 0.29) is 12.0 Å². The minimum atomic E-state index is -0.311. The fourth-order valence-electron chi connectivity index (χ4n) is 4.10. The van der Waals surface area contributed by atoms with Gasteiger partial charge in [0, 0.05) is 24.0 Å². The molecule has 1 aliphatic rings. The van der Waals surface area contributed by atoms with Crippen LogP contribution in [0.1, 0.15) is 33.4 Å². The second-order valence-corrected chi connectivity index (χ2v) is 9.95. The zero-order valence-corrected chi connectivity index (χ0v) is 20.2. The largest absolute Gasteiger partial charge is 0.450 e. The molecule has 4 aromatic rings. The Morgan fingerprint density at radius 2 is 2.06 bits per heavy atom. The molecule has 5 rings (SSSR count). The Morgan fingerprint density at radius 3 is 2.79 bits per heavy atom. The minimum absolute atomic E-state index is 0.212. The number of nitrogens with zero attached hydrogens (tertiary/aromatic N) is 4. The Balaban J connectivity index is 1.57. The minimum Gasteiger partial charge on any atom is -0.450 e. The van der Waals surface area contributed by atoms with Gasteiger partial charge in [0.2, 0.25) is 0 Å². The summed E-state index contributed by atoms with van der Waals surface area (Å²) in [5, 5.41) is 8.92. The molecule has 2 amide bonds. The van der Waals surface area contributed by atoms with Gasteiger partial charge < -0.3 is 15.0 Å². The van der Waals surface area contributed by atoms with E-state index in [0.29, 0.717) is 31.8 Å². The lowest BCUT2D eigenvalue weighted by atomic mass is 10.0. The van der Waals surface area contributed by atoms with Gasteiger partial charge in [-0.25, -0.2) is 9.78 Å². The first-order valence-electron chi connectivity index (χ1n) is 10.7. The van der Waals surface area contributed by atoms with Crippen molar-refractivity contribution in [3.05, 3.63) is 52.2 Å². The highest BCUT2D eigenvalue weighted by Gasteiger charge is 2.30. The van der Waals surface area contributed by atoms with Crippen LogP contribution in [0.4, 0.5) is 9.80 Å². The first kappa shape index (κ1) is 21.6. The summed E-state index contributed by atoms with van der Waals surface area (Å²) in [5.74, 6) is -0.212. The quantitative estimate of drug-likeness (QED) is 0.451. The molecular formula is C23H23N5O3S2. The summed E-state index contributed by atoms with van der Waals surface area (Å²) in [5.41, 5.74) is 4.35. The highest BCUT2D eigenvalue weighted by molar-refractivity contribution is 7.23. The number of aryl methyl sites for hydroxylation is 2. The average Bonchev–Trinajstić information content (AvgIpc) is 3.47. The van der Waals surface area contributed by atoms with Gasteiger partial charge in [0.15, 0.2) is 0 Å². The number of aromatic nitrogens is 3. The number of hydrogen-bond acceptors (Lipinski definition) is 7. The lowest BCUT2D eigenvalue weighted by Gasteiger charge is -2.26. The van der Waals surface area contributed by atoms with E-state index in [1.54, 1.807) is 41.1 Å². The normalized spacial score (nSPS) is 13.2. The van der Waals surface area contributed by atoms with Gasteiger partial charge in [0.25, 0.3) is 5.91 Å². The number of benzene rings is 1. The van der Waals surface area contributed by atoms with E-state index in [0.717, 1.165) is 41.8 Å². The molecule has 10 heteroatoms. The first-order chi connectivity index (χ1) is 16.0. The molecule has 33 heavy (non-hydrogen) atoms. The number of thiophene rings is 1. The number of carbonyl (C=O) groups excluding carboxylic acids is 2. The van der Waals surface area contributed by atoms with Crippen molar-refractivity contribution in [2.45, 2.75) is 26.8 Å². The van der Waals surface area contributed by atoms with Gasteiger partial charge in [-0.1, -0.05) is 12.1 Å². The molecule has 0 bridgehead atoms. The van der Waals surface area contributed by atoms with Crippen LogP contribution in [0.25, 0.3) is 20.8 Å². The van der Waals surface area contributed by atoms with Gasteiger partial charge >= 0.3 is 6.09 Å². The highest BCUT2D eigenvalue weighted by atomic mass is 32.1. The fraction of sp³-hybridized carbons (Fsp3) is 0.304. The molecule has 0 aliphatic carbocycles. The summed E-state index contributed by atoms with van der Waals surface area (Å²) in [4.78, 5) is 33.1. The number of para-hydroxylation sites is 1. The summed E-state index contributed by atoms with van der Waals surface area (Å²) in [7, 11) is 1.76. The molecule has 3 aromatic heterocycles. The zero-order chi connectivity index (χ0) is 23.1. The number of thiazole rings is 1. The van der Waals surface area contributed by atoms with Crippen LogP contribution < -0.4 is 5.32 Å². The van der Waals surface area contributed by atoms with Crippen LogP contribution in [0.2, 0.25) is 0 Å². The summed E-state index contributed by atoms with van der Waals surface area (Å²) < 4.78 is 7.87. The van der Waals surface area contributed by atoms with E-state index in [2.05, 4.69) is 16.5 Å². The molecule has 4 heterocycles. The van der Waals surface area contributed by atoms with Crippen molar-refractivity contribution < 1.29 is 14.3 Å². The van der Waals surface area contributed by atoms with E-state index >= 15 is 0 Å². The number of amides is 2. The number of fused-ring (bicyclic) bond motifs is 2. The third-order valence-electron chi connectivity index (χ3n) is 5.65. The number of rotatable bonds is 4. The van der Waals surface area contributed by atoms with Gasteiger partial charge in [-0.05, 0) is 43.5 Å². The van der Waals surface area contributed by atoms with Crippen LogP contribution in [0.15, 0.2) is 30.5 Å². The topological polar surface area (TPSA) is 89.4 Å². The molecular weight excluding hydrogens is 458 g/mol. The van der Waals surface area contributed by atoms with E-state index in [1.165, 1.54) is 11.3 Å². The Morgan fingerprint density at radius 1 is 1.24 bits per heavy atom. The lowest BCUT2D eigenvalue weighted by molar-refractivity contribution is 0.101. The van der Waals surface area contributed by atoms with Gasteiger partial charge in [0.1, 0.15) is 15.7 Å². The number of ether oxygens (including phenoxy) is 1. The van der Waals surface area contributed by atoms with Crippen molar-refractivity contribution >= 4 is 49.9 Å². The summed E-state index contributed by atoms with van der Waals surface area (Å²) in [6.07, 6.45) is 2.05. The smallest absolute Gasteiger partial charge is 0.410 e. The Kier molecular flexibility index (Phi) is 5.63. The number of nitrogens with one attached hydrogen (secondary N) is 1. The zero-order valence-electron chi connectivity index (χ0n) is 18.5. The van der Waals surface area contributed by atoms with Gasteiger partial charge in [-0.3, -0.25) is 9.48 Å². The molecule has 0 saturated carbocycles. The standard InChI is InChI=1S/C23H23N5O3S2/c1-4-31-23(30)28-10-9-14-17(12-28)33-22(26-20(29)19-13(2)11-24-27(19)3)18(14)21-25-15-7-5-6-8-16(15)32-21/h5-8,11H,4,9-10,12H2,1-3H3,(H,26,29). The maximum absolute atomic E-state index is 13.2. The SMILES string of the molecule is CCOC(=O)N1CCc2c(sc(NC(=O)c3c(C)cnn3C)c2-c2nc3ccccc3s2)C1. The molecule has 1 aliphatic heterocycles. The Hall–Kier alpha value is -3.24. The average molecular weight is 482 g/mol. The number of hydrogen-bond donors (Lipinski definition) is 1. The molecule has 0 atom stereocenters. The molecule has 1 aromatic carbocycles. The van der Waals surface area contributed by atoms with Crippen LogP contribution in [0, 0.1) is 6.92 Å². The van der Waals surface area contributed by atoms with Gasteiger partial charge in [-0.15, -0.1) is 22.7 Å². The summed E-state index contributed by atoms with van der Waals surface area (Å²) in [6.45, 7) is 5.03. The summed E-state index contributed by atoms with van der Waals surface area (Å²) >= 11 is 3.11. The van der Waals surface area contributed by atoms with Gasteiger partial charge in [0.05, 0.1) is 29.6 Å². The second kappa shape index (κ2) is 8.60. The van der Waals surface area contributed by atoms with Crippen LogP contribution in [0.3, 0.4) is 0 Å². The molecule has 1 N–H and O–H groups in total. The molecule has 0 radical (unpaired) electrons. The highest BCUT2D eigenvalue weighted by Crippen LogP contribution is 2.45. The van der Waals surface area contributed by atoms with Crippen LogP contribution in [0.5, 0.6) is 0 Å². The van der Waals surface area contributed by atoms with E-state index < -0.39 is 0 Å². The first-order valence-corrected chi connectivity index (χ1v) is 12.3. The van der Waals surface area contributed by atoms with Crippen molar-refractivity contribution in [3.63, 3.8) is 0 Å². The van der Waals surface area contributed by atoms with Crippen molar-refractivity contribution in [1.82, 2.24) is 19.7 Å². The molecule has 0 unspecified atom stereocenters. The van der Waals surface area contributed by atoms with Crippen LogP contribution >= 0.6 is 22.7 Å². The third kappa shape index (κ3) is 3.89. The monoisotopic (exact) mass is 481 g/mol. The number of carbonyl (C=O) groups is 2. The lowest BCUT2D eigenvalue weighted by Crippen LogP contribution is -2.35. The van der Waals surface area contributed by atoms with Crippen molar-refractivity contribution in [2.24, 2.45) is 7.05 Å². The number of anilines is 1. The third-order valence-corrected chi connectivity index (χ3v) is 7.84. The van der Waals surface area contributed by atoms with Crippen molar-refractivity contribution in [2.75, 3.05) is 18.5 Å². The van der Waals surface area contributed by atoms with Crippen molar-refractivity contribution in [1.29, 1.82) is 0 Å². The molecule has 8 nitrogen and oxygen atoms in total. The second-order valence-electron chi connectivity index (χ2n) is 7.82. The maximum atomic E-state index is 13.2. The fourth-order valence-corrected chi connectivity index (χ4v) is 6.47. The van der Waals surface area contributed by atoms with E-state index in [9.17, 15) is 9.59 Å².